The molecule has 0 aliphatic carbocycles. The van der Waals surface area contributed by atoms with Crippen LogP contribution in [0.2, 0.25) is 0 Å². The lowest BCUT2D eigenvalue weighted by atomic mass is 9.87. The van der Waals surface area contributed by atoms with Gasteiger partial charge in [0.25, 0.3) is 0 Å². The summed E-state index contributed by atoms with van der Waals surface area (Å²) in [7, 11) is 1.63. The van der Waals surface area contributed by atoms with Crippen molar-refractivity contribution < 1.29 is 18.6 Å². The van der Waals surface area contributed by atoms with Crippen LogP contribution in [0, 0.1) is 11.8 Å². The second kappa shape index (κ2) is 10.4. The Morgan fingerprint density at radius 1 is 1.07 bits per heavy atom. The number of hydrogen-bond acceptors (Lipinski definition) is 3. The molecule has 0 radical (unpaired) electrons. The van der Waals surface area contributed by atoms with Crippen molar-refractivity contribution in [3.05, 3.63) is 90.3 Å². The molecule has 1 heterocycles. The van der Waals surface area contributed by atoms with Crippen molar-refractivity contribution in [1.82, 2.24) is 0 Å². The Kier molecular flexibility index (Phi) is 7.62. The predicted molar refractivity (Wildman–Crippen MR) is 113 cm³/mol. The molecule has 1 aliphatic heterocycles. The lowest BCUT2D eigenvalue weighted by Crippen LogP contribution is -2.43. The zero-order valence-electron chi connectivity index (χ0n) is 17.2. The number of benzene rings is 2. The van der Waals surface area contributed by atoms with Crippen molar-refractivity contribution in [2.45, 2.75) is 38.8 Å². The summed E-state index contributed by atoms with van der Waals surface area (Å²) in [6.07, 6.45) is 6.27. The maximum absolute atomic E-state index is 13.0. The minimum atomic E-state index is -0.548. The first kappa shape index (κ1) is 21.3. The molecular weight excluding hydrogens is 367 g/mol. The molecule has 1 fully saturated rings. The highest BCUT2D eigenvalue weighted by Gasteiger charge is 2.38. The van der Waals surface area contributed by atoms with E-state index in [1.165, 1.54) is 11.6 Å². The fourth-order valence-electron chi connectivity index (χ4n) is 3.71. The molecule has 29 heavy (non-hydrogen) atoms. The third-order valence-electron chi connectivity index (χ3n) is 5.40. The number of halogens is 1. The largest absolute Gasteiger partial charge is 0.497 e. The van der Waals surface area contributed by atoms with Gasteiger partial charge in [0.1, 0.15) is 5.75 Å². The van der Waals surface area contributed by atoms with Crippen molar-refractivity contribution in [3.8, 4) is 5.75 Å². The standard InChI is InChI=1S/C25H29FO3/c1-18(8-7-11-20-9-5-4-6-10-20)24-19(2)23(16-17-26)28-25(29-24)21-12-14-22(27-3)15-13-21/h4-10,12-19,23-25H,11H2,1-3H3/b8-7+,17-16-/t18?,19-,23+,24+,25+/m1/s1. The van der Waals surface area contributed by atoms with Gasteiger partial charge in [-0.2, -0.15) is 0 Å². The molecule has 0 N–H and O–H groups in total. The van der Waals surface area contributed by atoms with Crippen LogP contribution in [-0.4, -0.2) is 19.3 Å². The molecule has 2 aromatic rings. The molecule has 3 rings (SSSR count). The number of methoxy groups -OCH3 is 1. The van der Waals surface area contributed by atoms with Crippen LogP contribution in [0.25, 0.3) is 0 Å². The van der Waals surface area contributed by atoms with Crippen LogP contribution < -0.4 is 4.74 Å². The van der Waals surface area contributed by atoms with Gasteiger partial charge >= 0.3 is 0 Å². The molecule has 1 saturated heterocycles. The van der Waals surface area contributed by atoms with Gasteiger partial charge in [-0.1, -0.05) is 68.5 Å². The maximum atomic E-state index is 13.0. The van der Waals surface area contributed by atoms with Gasteiger partial charge in [0.15, 0.2) is 6.29 Å². The van der Waals surface area contributed by atoms with Crippen molar-refractivity contribution in [3.63, 3.8) is 0 Å². The van der Waals surface area contributed by atoms with Crippen molar-refractivity contribution in [2.24, 2.45) is 11.8 Å². The van der Waals surface area contributed by atoms with E-state index in [0.29, 0.717) is 6.33 Å². The minimum Gasteiger partial charge on any atom is -0.497 e. The summed E-state index contributed by atoms with van der Waals surface area (Å²) in [4.78, 5) is 0. The van der Waals surface area contributed by atoms with E-state index in [-0.39, 0.29) is 24.0 Å². The highest BCUT2D eigenvalue weighted by atomic mass is 19.1. The summed E-state index contributed by atoms with van der Waals surface area (Å²) < 4.78 is 30.6. The summed E-state index contributed by atoms with van der Waals surface area (Å²) in [5.41, 5.74) is 2.16. The van der Waals surface area contributed by atoms with Gasteiger partial charge in [-0.25, -0.2) is 4.39 Å². The second-order valence-corrected chi connectivity index (χ2v) is 7.46. The van der Waals surface area contributed by atoms with Crippen LogP contribution in [-0.2, 0) is 15.9 Å². The van der Waals surface area contributed by atoms with Gasteiger partial charge in [-0.05, 0) is 30.2 Å². The van der Waals surface area contributed by atoms with Gasteiger partial charge in [-0.15, -0.1) is 0 Å². The van der Waals surface area contributed by atoms with Gasteiger partial charge < -0.3 is 14.2 Å². The van der Waals surface area contributed by atoms with Crippen LogP contribution in [0.5, 0.6) is 5.75 Å². The fourth-order valence-corrected chi connectivity index (χ4v) is 3.71. The highest BCUT2D eigenvalue weighted by Crippen LogP contribution is 2.37. The Morgan fingerprint density at radius 2 is 1.79 bits per heavy atom. The maximum Gasteiger partial charge on any atom is 0.184 e. The molecular formula is C25H29FO3. The van der Waals surface area contributed by atoms with E-state index >= 15 is 0 Å². The SMILES string of the molecule is COc1ccc([C@H]2O[C@@H](/C=C\F)[C@@H](C)[C@H](C(C)/C=C/Cc3ccccc3)O2)cc1. The third-order valence-corrected chi connectivity index (χ3v) is 5.40. The molecule has 4 heteroatoms. The molecule has 1 aliphatic rings. The zero-order chi connectivity index (χ0) is 20.6. The fraction of sp³-hybridized carbons (Fsp3) is 0.360. The van der Waals surface area contributed by atoms with Crippen molar-refractivity contribution in [2.75, 3.05) is 7.11 Å². The van der Waals surface area contributed by atoms with Gasteiger partial charge in [0.2, 0.25) is 0 Å². The van der Waals surface area contributed by atoms with Gasteiger partial charge in [-0.3, -0.25) is 0 Å². The average molecular weight is 397 g/mol. The van der Waals surface area contributed by atoms with Crippen LogP contribution >= 0.6 is 0 Å². The first-order valence-corrected chi connectivity index (χ1v) is 10.0. The van der Waals surface area contributed by atoms with E-state index in [1.807, 2.05) is 49.4 Å². The van der Waals surface area contributed by atoms with Gasteiger partial charge in [0.05, 0.1) is 25.6 Å². The molecule has 154 valence electrons. The Hall–Kier alpha value is -2.43. The summed E-state index contributed by atoms with van der Waals surface area (Å²) >= 11 is 0. The summed E-state index contributed by atoms with van der Waals surface area (Å²) in [5, 5.41) is 0. The average Bonchev–Trinajstić information content (AvgIpc) is 2.76. The molecule has 0 bridgehead atoms. The number of ether oxygens (including phenoxy) is 3. The van der Waals surface area contributed by atoms with Crippen molar-refractivity contribution in [1.29, 1.82) is 0 Å². The van der Waals surface area contributed by atoms with E-state index in [4.69, 9.17) is 14.2 Å². The predicted octanol–water partition coefficient (Wildman–Crippen LogP) is 6.03. The van der Waals surface area contributed by atoms with E-state index in [2.05, 4.69) is 31.2 Å². The van der Waals surface area contributed by atoms with Crippen LogP contribution in [0.15, 0.2) is 79.2 Å². The molecule has 0 spiro atoms. The van der Waals surface area contributed by atoms with E-state index in [9.17, 15) is 4.39 Å². The Bertz CT molecular complexity index is 801. The summed E-state index contributed by atoms with van der Waals surface area (Å²) in [5.74, 6) is 0.952. The van der Waals surface area contributed by atoms with Crippen LogP contribution in [0.3, 0.4) is 0 Å². The number of hydrogen-bond donors (Lipinski definition) is 0. The molecule has 0 aromatic heterocycles. The van der Waals surface area contributed by atoms with Crippen LogP contribution in [0.4, 0.5) is 4.39 Å². The van der Waals surface area contributed by atoms with Crippen molar-refractivity contribution >= 4 is 0 Å². The summed E-state index contributed by atoms with van der Waals surface area (Å²) in [6.45, 7) is 4.18. The quantitative estimate of drug-likeness (QED) is 0.535. The first-order valence-electron chi connectivity index (χ1n) is 10.0. The Labute approximate surface area is 172 Å². The summed E-state index contributed by atoms with van der Waals surface area (Å²) in [6, 6.07) is 17.9. The smallest absolute Gasteiger partial charge is 0.184 e. The third kappa shape index (κ3) is 5.55. The highest BCUT2D eigenvalue weighted by molar-refractivity contribution is 5.28. The first-order chi connectivity index (χ1) is 14.1. The Morgan fingerprint density at radius 3 is 2.45 bits per heavy atom. The lowest BCUT2D eigenvalue weighted by Gasteiger charge is -2.41. The molecule has 0 amide bonds. The van der Waals surface area contributed by atoms with E-state index in [0.717, 1.165) is 17.7 Å². The van der Waals surface area contributed by atoms with E-state index in [1.54, 1.807) is 7.11 Å². The molecule has 2 aromatic carbocycles. The second-order valence-electron chi connectivity index (χ2n) is 7.46. The van der Waals surface area contributed by atoms with E-state index < -0.39 is 6.29 Å². The lowest BCUT2D eigenvalue weighted by molar-refractivity contribution is -0.266. The zero-order valence-corrected chi connectivity index (χ0v) is 17.2. The number of allylic oxidation sites excluding steroid dienone is 1. The Balaban J connectivity index is 1.73. The van der Waals surface area contributed by atoms with Crippen LogP contribution in [0.1, 0.15) is 31.3 Å². The van der Waals surface area contributed by atoms with Gasteiger partial charge in [0, 0.05) is 17.4 Å². The normalized spacial score (nSPS) is 26.1. The monoisotopic (exact) mass is 396 g/mol. The minimum absolute atomic E-state index is 0.0212. The molecule has 1 unspecified atom stereocenters. The topological polar surface area (TPSA) is 27.7 Å². The molecule has 5 atom stereocenters. The molecule has 0 saturated carbocycles. The number of rotatable bonds is 7. The molecule has 3 nitrogen and oxygen atoms in total.